The minimum absolute atomic E-state index is 0.0641. The van der Waals surface area contributed by atoms with E-state index < -0.39 is 0 Å². The summed E-state index contributed by atoms with van der Waals surface area (Å²) in [5.74, 6) is 1.23. The Bertz CT molecular complexity index is 591. The molecule has 1 aliphatic heterocycles. The molecule has 1 fully saturated rings. The number of pyridine rings is 1. The lowest BCUT2D eigenvalue weighted by molar-refractivity contribution is -0.136. The Hall–Kier alpha value is -2.11. The van der Waals surface area contributed by atoms with Gasteiger partial charge in [-0.2, -0.15) is 0 Å². The van der Waals surface area contributed by atoms with E-state index in [1.165, 1.54) is 0 Å². The Morgan fingerprint density at radius 1 is 1.07 bits per heavy atom. The zero-order valence-electron chi connectivity index (χ0n) is 17.0. The van der Waals surface area contributed by atoms with E-state index in [1.807, 2.05) is 17.0 Å². The number of nitrogens with one attached hydrogen (secondary N) is 1. The molecule has 2 amide bonds. The molecule has 0 spiro atoms. The first-order chi connectivity index (χ1) is 13.1. The van der Waals surface area contributed by atoms with Crippen LogP contribution in [0.3, 0.4) is 0 Å². The van der Waals surface area contributed by atoms with E-state index in [0.717, 1.165) is 64.1 Å². The summed E-state index contributed by atoms with van der Waals surface area (Å²) < 4.78 is 0. The van der Waals surface area contributed by atoms with Gasteiger partial charge in [0, 0.05) is 44.8 Å². The molecule has 1 aromatic rings. The quantitative estimate of drug-likeness (QED) is 0.675. The van der Waals surface area contributed by atoms with E-state index in [9.17, 15) is 9.59 Å². The van der Waals surface area contributed by atoms with Crippen LogP contribution in [0.15, 0.2) is 18.3 Å². The van der Waals surface area contributed by atoms with Crippen LogP contribution in [-0.4, -0.2) is 54.4 Å². The van der Waals surface area contributed by atoms with Gasteiger partial charge in [0.2, 0.25) is 5.91 Å². The van der Waals surface area contributed by atoms with Gasteiger partial charge in [-0.05, 0) is 31.4 Å². The van der Waals surface area contributed by atoms with Crippen molar-refractivity contribution in [3.8, 4) is 0 Å². The normalized spacial score (nSPS) is 14.5. The van der Waals surface area contributed by atoms with Crippen molar-refractivity contribution in [3.63, 3.8) is 0 Å². The van der Waals surface area contributed by atoms with Crippen molar-refractivity contribution < 1.29 is 9.59 Å². The smallest absolute Gasteiger partial charge is 0.252 e. The molecule has 0 aromatic carbocycles. The van der Waals surface area contributed by atoms with Crippen LogP contribution in [0.2, 0.25) is 0 Å². The molecule has 6 heteroatoms. The molecule has 1 saturated heterocycles. The Morgan fingerprint density at radius 2 is 1.78 bits per heavy atom. The number of aromatic nitrogens is 1. The summed E-state index contributed by atoms with van der Waals surface area (Å²) in [6.07, 6.45) is 6.73. The second-order valence-corrected chi connectivity index (χ2v) is 7.19. The third-order valence-corrected chi connectivity index (χ3v) is 5.33. The van der Waals surface area contributed by atoms with Crippen LogP contribution in [0.5, 0.6) is 0 Å². The van der Waals surface area contributed by atoms with Crippen LogP contribution in [0, 0.1) is 5.92 Å². The minimum atomic E-state index is -0.0641. The molecule has 0 saturated carbocycles. The van der Waals surface area contributed by atoms with Crippen LogP contribution in [0.4, 0.5) is 5.82 Å². The van der Waals surface area contributed by atoms with Crippen molar-refractivity contribution in [1.29, 1.82) is 0 Å². The molecule has 2 rings (SSSR count). The van der Waals surface area contributed by atoms with Gasteiger partial charge in [-0.1, -0.05) is 33.6 Å². The molecule has 1 aromatic heterocycles. The average molecular weight is 375 g/mol. The Kier molecular flexibility index (Phi) is 8.55. The lowest BCUT2D eigenvalue weighted by Crippen LogP contribution is -2.50. The van der Waals surface area contributed by atoms with Crippen molar-refractivity contribution in [3.05, 3.63) is 23.9 Å². The largest absolute Gasteiger partial charge is 0.353 e. The molecule has 27 heavy (non-hydrogen) atoms. The summed E-state index contributed by atoms with van der Waals surface area (Å²) >= 11 is 0. The minimum Gasteiger partial charge on any atom is -0.353 e. The van der Waals surface area contributed by atoms with Gasteiger partial charge in [-0.25, -0.2) is 4.98 Å². The van der Waals surface area contributed by atoms with Crippen molar-refractivity contribution >= 4 is 17.6 Å². The van der Waals surface area contributed by atoms with Crippen molar-refractivity contribution in [1.82, 2.24) is 15.2 Å². The second-order valence-electron chi connectivity index (χ2n) is 7.19. The summed E-state index contributed by atoms with van der Waals surface area (Å²) in [6.45, 7) is 10.0. The summed E-state index contributed by atoms with van der Waals surface area (Å²) in [5.41, 5.74) is 0.595. The molecule has 150 valence electrons. The van der Waals surface area contributed by atoms with Crippen molar-refractivity contribution in [2.75, 3.05) is 37.6 Å². The van der Waals surface area contributed by atoms with Crippen LogP contribution in [-0.2, 0) is 4.79 Å². The van der Waals surface area contributed by atoms with E-state index in [0.29, 0.717) is 12.1 Å². The van der Waals surface area contributed by atoms with Crippen molar-refractivity contribution in [2.24, 2.45) is 5.92 Å². The number of piperazine rings is 1. The first-order valence-electron chi connectivity index (χ1n) is 10.4. The number of carbonyl (C=O) groups excluding carboxylic acids is 2. The summed E-state index contributed by atoms with van der Waals surface area (Å²) in [6, 6.07) is 3.73. The molecule has 0 unspecified atom stereocenters. The Labute approximate surface area is 163 Å². The third kappa shape index (κ3) is 5.94. The van der Waals surface area contributed by atoms with E-state index >= 15 is 0 Å². The number of amides is 2. The highest BCUT2D eigenvalue weighted by atomic mass is 16.2. The van der Waals surface area contributed by atoms with Crippen LogP contribution >= 0.6 is 0 Å². The average Bonchev–Trinajstić information content (AvgIpc) is 2.72. The van der Waals surface area contributed by atoms with Gasteiger partial charge in [0.1, 0.15) is 5.82 Å². The topological polar surface area (TPSA) is 65.5 Å². The molecule has 1 aliphatic rings. The van der Waals surface area contributed by atoms with Crippen LogP contribution in [0.25, 0.3) is 0 Å². The number of rotatable bonds is 9. The summed E-state index contributed by atoms with van der Waals surface area (Å²) in [5, 5.41) is 2.94. The second kappa shape index (κ2) is 10.9. The summed E-state index contributed by atoms with van der Waals surface area (Å²) in [4.78, 5) is 33.2. The van der Waals surface area contributed by atoms with E-state index in [2.05, 4.69) is 36.0 Å². The number of hydrogen-bond donors (Lipinski definition) is 1. The maximum atomic E-state index is 12.5. The number of hydrogen-bond acceptors (Lipinski definition) is 4. The SMILES string of the molecule is CCCCCNC(=O)c1ccc(N2CCN(C(=O)C(CC)CC)CC2)nc1. The molecule has 0 bridgehead atoms. The number of unbranched alkanes of at least 4 members (excludes halogenated alkanes) is 2. The lowest BCUT2D eigenvalue weighted by atomic mass is 10.0. The lowest BCUT2D eigenvalue weighted by Gasteiger charge is -2.36. The summed E-state index contributed by atoms with van der Waals surface area (Å²) in [7, 11) is 0. The molecular weight excluding hydrogens is 340 g/mol. The fourth-order valence-electron chi connectivity index (χ4n) is 3.44. The number of nitrogens with zero attached hydrogens (tertiary/aromatic N) is 3. The maximum Gasteiger partial charge on any atom is 0.252 e. The van der Waals surface area contributed by atoms with E-state index in [-0.39, 0.29) is 17.7 Å². The Morgan fingerprint density at radius 3 is 2.33 bits per heavy atom. The van der Waals surface area contributed by atoms with Crippen LogP contribution in [0.1, 0.15) is 63.2 Å². The highest BCUT2D eigenvalue weighted by Gasteiger charge is 2.25. The molecule has 0 aliphatic carbocycles. The highest BCUT2D eigenvalue weighted by molar-refractivity contribution is 5.94. The zero-order valence-corrected chi connectivity index (χ0v) is 17.0. The highest BCUT2D eigenvalue weighted by Crippen LogP contribution is 2.17. The Balaban J connectivity index is 1.84. The van der Waals surface area contributed by atoms with Crippen molar-refractivity contribution in [2.45, 2.75) is 52.9 Å². The fraction of sp³-hybridized carbons (Fsp3) is 0.667. The van der Waals surface area contributed by atoms with Gasteiger partial charge < -0.3 is 15.1 Å². The molecule has 2 heterocycles. The van der Waals surface area contributed by atoms with E-state index in [4.69, 9.17) is 0 Å². The predicted octanol–water partition coefficient (Wildman–Crippen LogP) is 3.09. The van der Waals surface area contributed by atoms with Gasteiger partial charge >= 0.3 is 0 Å². The molecule has 6 nitrogen and oxygen atoms in total. The maximum absolute atomic E-state index is 12.5. The monoisotopic (exact) mass is 374 g/mol. The molecule has 0 radical (unpaired) electrons. The molecule has 1 N–H and O–H groups in total. The van der Waals surface area contributed by atoms with Gasteiger partial charge in [0.25, 0.3) is 5.91 Å². The van der Waals surface area contributed by atoms with Gasteiger partial charge in [0.05, 0.1) is 5.56 Å². The van der Waals surface area contributed by atoms with E-state index in [1.54, 1.807) is 6.20 Å². The standard InChI is InChI=1S/C21H34N4O2/c1-4-7-8-11-22-20(26)18-9-10-19(23-16-18)24-12-14-25(15-13-24)21(27)17(5-2)6-3/h9-10,16-17H,4-8,11-15H2,1-3H3,(H,22,26). The number of carbonyl (C=O) groups is 2. The first-order valence-corrected chi connectivity index (χ1v) is 10.4. The zero-order chi connectivity index (χ0) is 19.6. The predicted molar refractivity (Wildman–Crippen MR) is 109 cm³/mol. The van der Waals surface area contributed by atoms with Gasteiger partial charge in [0.15, 0.2) is 0 Å². The molecule has 0 atom stereocenters. The van der Waals surface area contributed by atoms with Gasteiger partial charge in [-0.3, -0.25) is 9.59 Å². The van der Waals surface area contributed by atoms with Crippen LogP contribution < -0.4 is 10.2 Å². The fourth-order valence-corrected chi connectivity index (χ4v) is 3.44. The molecular formula is C21H34N4O2. The number of anilines is 1. The van der Waals surface area contributed by atoms with Gasteiger partial charge in [-0.15, -0.1) is 0 Å². The first kappa shape index (κ1) is 21.2. The third-order valence-electron chi connectivity index (χ3n) is 5.33.